The van der Waals surface area contributed by atoms with Gasteiger partial charge >= 0.3 is 6.18 Å². The Morgan fingerprint density at radius 3 is 2.72 bits per heavy atom. The molecular formula is C20H25F3N6. The van der Waals surface area contributed by atoms with Gasteiger partial charge in [-0.2, -0.15) is 13.2 Å². The van der Waals surface area contributed by atoms with Crippen LogP contribution >= 0.6 is 0 Å². The molecule has 156 valence electrons. The molecule has 0 aromatic carbocycles. The van der Waals surface area contributed by atoms with E-state index in [1.54, 1.807) is 12.4 Å². The number of hydrogen-bond donors (Lipinski definition) is 3. The molecule has 6 nitrogen and oxygen atoms in total. The summed E-state index contributed by atoms with van der Waals surface area (Å²) < 4.78 is 43.6. The van der Waals surface area contributed by atoms with Crippen LogP contribution in [0.1, 0.15) is 56.0 Å². The molecule has 2 aromatic rings. The lowest BCUT2D eigenvalue weighted by Crippen LogP contribution is -2.37. The number of fused-ring (bicyclic) bond motifs is 2. The van der Waals surface area contributed by atoms with Gasteiger partial charge in [0.25, 0.3) is 0 Å². The molecule has 3 aliphatic rings. The number of H-pyrrole nitrogens is 1. The van der Waals surface area contributed by atoms with Crippen molar-refractivity contribution in [1.82, 2.24) is 30.2 Å². The standard InChI is InChI=1S/C20H25F3N6/c21-20(22,23)17-15-16(13-2-1-3-14(13)27-17)29(11-6-12-4-7-24-8-5-12)19(28-15)18-25-9-10-26-18/h9-10,12,17,24,27H,1-8,11H2,(H,25,26). The Kier molecular flexibility index (Phi) is 4.64. The Labute approximate surface area is 167 Å². The summed E-state index contributed by atoms with van der Waals surface area (Å²) in [6.07, 6.45) is 4.36. The molecule has 0 bridgehead atoms. The third-order valence-electron chi connectivity index (χ3n) is 6.35. The van der Waals surface area contributed by atoms with E-state index in [0.29, 0.717) is 36.2 Å². The van der Waals surface area contributed by atoms with Crippen molar-refractivity contribution in [2.24, 2.45) is 5.92 Å². The topological polar surface area (TPSA) is 70.6 Å². The van der Waals surface area contributed by atoms with Crippen molar-refractivity contribution in [2.45, 2.75) is 57.3 Å². The van der Waals surface area contributed by atoms with Gasteiger partial charge in [0.05, 0.1) is 11.4 Å². The quantitative estimate of drug-likeness (QED) is 0.723. The predicted octanol–water partition coefficient (Wildman–Crippen LogP) is 3.76. The van der Waals surface area contributed by atoms with Crippen molar-refractivity contribution < 1.29 is 13.2 Å². The van der Waals surface area contributed by atoms with Crippen molar-refractivity contribution in [3.05, 3.63) is 29.5 Å². The zero-order chi connectivity index (χ0) is 20.0. The fourth-order valence-corrected chi connectivity index (χ4v) is 4.90. The van der Waals surface area contributed by atoms with E-state index in [-0.39, 0.29) is 5.69 Å². The van der Waals surface area contributed by atoms with Crippen LogP contribution in [0.2, 0.25) is 0 Å². The van der Waals surface area contributed by atoms with Gasteiger partial charge in [0.2, 0.25) is 0 Å². The number of nitrogens with zero attached hydrogens (tertiary/aromatic N) is 3. The molecule has 0 saturated carbocycles. The maximum absolute atomic E-state index is 13.9. The van der Waals surface area contributed by atoms with Gasteiger partial charge in [-0.3, -0.25) is 0 Å². The van der Waals surface area contributed by atoms with Crippen LogP contribution < -0.4 is 10.6 Å². The molecule has 0 spiro atoms. The Bertz CT molecular complexity index is 906. The molecule has 2 aliphatic heterocycles. The minimum Gasteiger partial charge on any atom is -0.372 e. The second-order valence-electron chi connectivity index (χ2n) is 8.17. The summed E-state index contributed by atoms with van der Waals surface area (Å²) in [5.41, 5.74) is 2.48. The third kappa shape index (κ3) is 3.35. The molecule has 3 N–H and O–H groups in total. The number of imidazole rings is 2. The Hall–Kier alpha value is -2.29. The summed E-state index contributed by atoms with van der Waals surface area (Å²) in [6, 6.07) is -1.76. The number of rotatable bonds is 4. The second kappa shape index (κ2) is 7.19. The first-order valence-electron chi connectivity index (χ1n) is 10.4. The highest BCUT2D eigenvalue weighted by atomic mass is 19.4. The first-order chi connectivity index (χ1) is 14.0. The van der Waals surface area contributed by atoms with Crippen LogP contribution in [-0.4, -0.2) is 38.8 Å². The van der Waals surface area contributed by atoms with Crippen LogP contribution in [0.4, 0.5) is 13.2 Å². The minimum atomic E-state index is -4.40. The highest BCUT2D eigenvalue weighted by Crippen LogP contribution is 2.46. The molecule has 0 amide bonds. The summed E-state index contributed by atoms with van der Waals surface area (Å²) in [6.45, 7) is 2.67. The van der Waals surface area contributed by atoms with E-state index in [2.05, 4.69) is 25.6 Å². The number of nitrogens with one attached hydrogen (secondary N) is 3. The highest BCUT2D eigenvalue weighted by Gasteiger charge is 2.48. The first kappa shape index (κ1) is 18.7. The van der Waals surface area contributed by atoms with Gasteiger partial charge in [0.1, 0.15) is 0 Å². The van der Waals surface area contributed by atoms with Crippen LogP contribution in [0.15, 0.2) is 18.1 Å². The van der Waals surface area contributed by atoms with Crippen LogP contribution in [0, 0.1) is 5.92 Å². The number of allylic oxidation sites excluding steroid dienone is 2. The molecule has 2 aromatic heterocycles. The molecule has 9 heteroatoms. The molecule has 4 heterocycles. The fraction of sp³-hybridized carbons (Fsp3) is 0.600. The van der Waals surface area contributed by atoms with Crippen molar-refractivity contribution in [3.8, 4) is 11.6 Å². The lowest BCUT2D eigenvalue weighted by molar-refractivity contribution is -0.157. The first-order valence-corrected chi connectivity index (χ1v) is 10.4. The van der Waals surface area contributed by atoms with E-state index in [0.717, 1.165) is 56.5 Å². The third-order valence-corrected chi connectivity index (χ3v) is 6.35. The van der Waals surface area contributed by atoms with Crippen molar-refractivity contribution in [2.75, 3.05) is 13.1 Å². The second-order valence-corrected chi connectivity index (χ2v) is 8.17. The van der Waals surface area contributed by atoms with E-state index >= 15 is 0 Å². The van der Waals surface area contributed by atoms with Gasteiger partial charge in [-0.25, -0.2) is 9.97 Å². The summed E-state index contributed by atoms with van der Waals surface area (Å²) in [7, 11) is 0. The number of alkyl halides is 3. The summed E-state index contributed by atoms with van der Waals surface area (Å²) in [4.78, 5) is 11.8. The molecule has 29 heavy (non-hydrogen) atoms. The normalized spacial score (nSPS) is 22.5. The zero-order valence-corrected chi connectivity index (χ0v) is 16.1. The minimum absolute atomic E-state index is 0.0925. The summed E-state index contributed by atoms with van der Waals surface area (Å²) in [5.74, 6) is 1.60. The number of piperidine rings is 1. The van der Waals surface area contributed by atoms with E-state index in [1.807, 2.05) is 4.57 Å². The largest absolute Gasteiger partial charge is 0.414 e. The van der Waals surface area contributed by atoms with Gasteiger partial charge in [-0.1, -0.05) is 0 Å². The zero-order valence-electron chi connectivity index (χ0n) is 16.1. The average Bonchev–Trinajstić information content (AvgIpc) is 3.43. The van der Waals surface area contributed by atoms with E-state index in [4.69, 9.17) is 0 Å². The van der Waals surface area contributed by atoms with Crippen LogP contribution in [0.3, 0.4) is 0 Å². The van der Waals surface area contributed by atoms with Gasteiger partial charge in [-0.05, 0) is 63.1 Å². The molecular weight excluding hydrogens is 381 g/mol. The lowest BCUT2D eigenvalue weighted by atomic mass is 9.94. The number of aromatic nitrogens is 4. The smallest absolute Gasteiger partial charge is 0.372 e. The van der Waals surface area contributed by atoms with E-state index < -0.39 is 12.2 Å². The van der Waals surface area contributed by atoms with Gasteiger partial charge in [0, 0.05) is 24.6 Å². The molecule has 1 atom stereocenters. The Morgan fingerprint density at radius 2 is 2.00 bits per heavy atom. The van der Waals surface area contributed by atoms with Crippen molar-refractivity contribution >= 4 is 5.57 Å². The van der Waals surface area contributed by atoms with Gasteiger partial charge < -0.3 is 20.2 Å². The lowest BCUT2D eigenvalue weighted by Gasteiger charge is -2.29. The Balaban J connectivity index is 1.59. The van der Waals surface area contributed by atoms with Crippen LogP contribution in [-0.2, 0) is 6.54 Å². The number of aromatic amines is 1. The van der Waals surface area contributed by atoms with Gasteiger partial charge in [-0.15, -0.1) is 0 Å². The average molecular weight is 406 g/mol. The Morgan fingerprint density at radius 1 is 1.17 bits per heavy atom. The SMILES string of the molecule is FC(F)(F)C1NC2=C(CCC2)c2c1nc(-c1ncc[nH]1)n2CCC1CCNCC1. The molecule has 1 aliphatic carbocycles. The molecule has 1 unspecified atom stereocenters. The number of hydrogen-bond acceptors (Lipinski definition) is 4. The molecule has 5 rings (SSSR count). The maximum atomic E-state index is 13.9. The monoisotopic (exact) mass is 406 g/mol. The fourth-order valence-electron chi connectivity index (χ4n) is 4.90. The number of halogens is 3. The predicted molar refractivity (Wildman–Crippen MR) is 103 cm³/mol. The summed E-state index contributed by atoms with van der Waals surface area (Å²) in [5, 5.41) is 6.11. The maximum Gasteiger partial charge on any atom is 0.414 e. The summed E-state index contributed by atoms with van der Waals surface area (Å²) >= 11 is 0. The molecule has 1 saturated heterocycles. The van der Waals surface area contributed by atoms with Crippen LogP contribution in [0.25, 0.3) is 17.2 Å². The van der Waals surface area contributed by atoms with E-state index in [1.165, 1.54) is 0 Å². The molecule has 0 radical (unpaired) electrons. The molecule has 1 fully saturated rings. The van der Waals surface area contributed by atoms with E-state index in [9.17, 15) is 13.2 Å². The van der Waals surface area contributed by atoms with Crippen molar-refractivity contribution in [1.29, 1.82) is 0 Å². The van der Waals surface area contributed by atoms with Crippen LogP contribution in [0.5, 0.6) is 0 Å². The highest BCUT2D eigenvalue weighted by molar-refractivity contribution is 5.74. The van der Waals surface area contributed by atoms with Gasteiger partial charge in [0.15, 0.2) is 17.7 Å². The van der Waals surface area contributed by atoms with Crippen molar-refractivity contribution in [3.63, 3.8) is 0 Å².